The van der Waals surface area contributed by atoms with Crippen LogP contribution in [0.1, 0.15) is 30.9 Å². The highest BCUT2D eigenvalue weighted by atomic mass is 16.5. The Morgan fingerprint density at radius 1 is 1.00 bits per heavy atom. The van der Waals surface area contributed by atoms with Gasteiger partial charge in [-0.3, -0.25) is 0 Å². The lowest BCUT2D eigenvalue weighted by molar-refractivity contribution is 0.287. The Morgan fingerprint density at radius 3 is 2.45 bits per heavy atom. The summed E-state index contributed by atoms with van der Waals surface area (Å²) in [4.78, 5) is 0. The summed E-state index contributed by atoms with van der Waals surface area (Å²) in [6.45, 7) is 8.84. The number of hydrogen-bond acceptors (Lipinski definition) is 4. The van der Waals surface area contributed by atoms with Gasteiger partial charge in [0.1, 0.15) is 11.5 Å². The van der Waals surface area contributed by atoms with Crippen molar-refractivity contribution in [2.24, 2.45) is 0 Å². The first kappa shape index (κ1) is 16.4. The minimum atomic E-state index is 0.639. The number of aryl methyl sites for hydroxylation is 1. The number of rotatable bonds is 9. The van der Waals surface area contributed by atoms with Crippen molar-refractivity contribution in [2.45, 2.75) is 33.7 Å². The van der Waals surface area contributed by atoms with Crippen LogP contribution in [0.3, 0.4) is 0 Å². The zero-order valence-electron chi connectivity index (χ0n) is 13.6. The van der Waals surface area contributed by atoms with Crippen molar-refractivity contribution >= 4 is 0 Å². The highest BCUT2D eigenvalue weighted by molar-refractivity contribution is 5.43. The Kier molecular flexibility index (Phi) is 6.34. The molecule has 0 unspecified atom stereocenters. The summed E-state index contributed by atoms with van der Waals surface area (Å²) in [5, 5.41) is 3.39. The summed E-state index contributed by atoms with van der Waals surface area (Å²) in [5.74, 6) is 3.56. The molecule has 4 nitrogen and oxygen atoms in total. The maximum atomic E-state index is 5.65. The Hall–Kier alpha value is -1.94. The summed E-state index contributed by atoms with van der Waals surface area (Å²) >= 11 is 0. The number of hydrogen-bond donors (Lipinski definition) is 1. The van der Waals surface area contributed by atoms with Crippen LogP contribution in [0.25, 0.3) is 0 Å². The van der Waals surface area contributed by atoms with E-state index in [9.17, 15) is 0 Å². The second kappa shape index (κ2) is 8.49. The van der Waals surface area contributed by atoms with Crippen molar-refractivity contribution in [3.05, 3.63) is 47.4 Å². The summed E-state index contributed by atoms with van der Waals surface area (Å²) in [7, 11) is 0. The second-order valence-corrected chi connectivity index (χ2v) is 5.09. The molecule has 0 aliphatic carbocycles. The van der Waals surface area contributed by atoms with Crippen LogP contribution in [0.2, 0.25) is 0 Å². The molecule has 0 saturated carbocycles. The van der Waals surface area contributed by atoms with Crippen LogP contribution in [0.4, 0.5) is 0 Å². The number of furan rings is 1. The molecule has 2 aromatic rings. The average Bonchev–Trinajstić information content (AvgIpc) is 2.92. The minimum Gasteiger partial charge on any atom is -0.490 e. The SMILES string of the molecule is CCOc1ccc(CCNCc2ccc(C)o2)cc1OCC. The molecule has 22 heavy (non-hydrogen) atoms. The molecular formula is C18H25NO3. The van der Waals surface area contributed by atoms with E-state index in [0.717, 1.165) is 42.5 Å². The molecule has 1 aromatic carbocycles. The maximum absolute atomic E-state index is 5.65. The third kappa shape index (κ3) is 4.81. The van der Waals surface area contributed by atoms with Crippen LogP contribution in [0.5, 0.6) is 11.5 Å². The normalized spacial score (nSPS) is 10.7. The Bertz CT molecular complexity index is 577. The van der Waals surface area contributed by atoms with Crippen molar-refractivity contribution < 1.29 is 13.9 Å². The number of benzene rings is 1. The number of ether oxygens (including phenoxy) is 2. The molecule has 0 atom stereocenters. The van der Waals surface area contributed by atoms with Crippen LogP contribution in [-0.4, -0.2) is 19.8 Å². The lowest BCUT2D eigenvalue weighted by atomic mass is 10.1. The van der Waals surface area contributed by atoms with E-state index < -0.39 is 0 Å². The Morgan fingerprint density at radius 2 is 1.77 bits per heavy atom. The monoisotopic (exact) mass is 303 g/mol. The van der Waals surface area contributed by atoms with Gasteiger partial charge in [-0.2, -0.15) is 0 Å². The molecule has 0 bridgehead atoms. The van der Waals surface area contributed by atoms with Gasteiger partial charge in [-0.25, -0.2) is 0 Å². The Balaban J connectivity index is 1.85. The molecular weight excluding hydrogens is 278 g/mol. The summed E-state index contributed by atoms with van der Waals surface area (Å²) in [6.07, 6.45) is 0.937. The molecule has 0 spiro atoms. The van der Waals surface area contributed by atoms with Crippen LogP contribution in [0.15, 0.2) is 34.7 Å². The van der Waals surface area contributed by atoms with E-state index in [0.29, 0.717) is 13.2 Å². The van der Waals surface area contributed by atoms with Crippen LogP contribution in [-0.2, 0) is 13.0 Å². The molecule has 120 valence electrons. The fraction of sp³-hybridized carbons (Fsp3) is 0.444. The zero-order valence-corrected chi connectivity index (χ0v) is 13.6. The first-order valence-corrected chi connectivity index (χ1v) is 7.87. The van der Waals surface area contributed by atoms with E-state index in [1.54, 1.807) is 0 Å². The molecule has 0 aliphatic rings. The molecule has 1 heterocycles. The topological polar surface area (TPSA) is 43.6 Å². The van der Waals surface area contributed by atoms with Gasteiger partial charge in [0, 0.05) is 0 Å². The fourth-order valence-electron chi connectivity index (χ4n) is 2.28. The van der Waals surface area contributed by atoms with Gasteiger partial charge in [0.2, 0.25) is 0 Å². The summed E-state index contributed by atoms with van der Waals surface area (Å²) in [6, 6.07) is 10.1. The van der Waals surface area contributed by atoms with E-state index in [2.05, 4.69) is 17.4 Å². The highest BCUT2D eigenvalue weighted by Gasteiger charge is 2.06. The quantitative estimate of drug-likeness (QED) is 0.717. The third-order valence-corrected chi connectivity index (χ3v) is 3.29. The maximum Gasteiger partial charge on any atom is 0.161 e. The van der Waals surface area contributed by atoms with E-state index in [-0.39, 0.29) is 0 Å². The minimum absolute atomic E-state index is 0.639. The van der Waals surface area contributed by atoms with E-state index in [1.165, 1.54) is 5.56 Å². The highest BCUT2D eigenvalue weighted by Crippen LogP contribution is 2.28. The van der Waals surface area contributed by atoms with Crippen LogP contribution in [0, 0.1) is 6.92 Å². The van der Waals surface area contributed by atoms with Crippen molar-refractivity contribution in [2.75, 3.05) is 19.8 Å². The van der Waals surface area contributed by atoms with E-state index >= 15 is 0 Å². The lowest BCUT2D eigenvalue weighted by Crippen LogP contribution is -2.16. The average molecular weight is 303 g/mol. The van der Waals surface area contributed by atoms with Crippen molar-refractivity contribution in [1.82, 2.24) is 5.32 Å². The first-order chi connectivity index (χ1) is 10.7. The molecule has 0 fully saturated rings. The van der Waals surface area contributed by atoms with Crippen molar-refractivity contribution in [3.8, 4) is 11.5 Å². The van der Waals surface area contributed by atoms with Gasteiger partial charge in [0.25, 0.3) is 0 Å². The van der Waals surface area contributed by atoms with Gasteiger partial charge in [0.05, 0.1) is 19.8 Å². The van der Waals surface area contributed by atoms with Crippen molar-refractivity contribution in [1.29, 1.82) is 0 Å². The fourth-order valence-corrected chi connectivity index (χ4v) is 2.28. The van der Waals surface area contributed by atoms with Gasteiger partial charge in [-0.15, -0.1) is 0 Å². The molecule has 0 radical (unpaired) electrons. The van der Waals surface area contributed by atoms with Gasteiger partial charge < -0.3 is 19.2 Å². The van der Waals surface area contributed by atoms with Gasteiger partial charge >= 0.3 is 0 Å². The van der Waals surface area contributed by atoms with Gasteiger partial charge in [-0.05, 0) is 63.6 Å². The smallest absolute Gasteiger partial charge is 0.161 e. The lowest BCUT2D eigenvalue weighted by Gasteiger charge is -2.12. The Labute approximate surface area is 132 Å². The molecule has 1 aromatic heterocycles. The predicted octanol–water partition coefficient (Wildman–Crippen LogP) is 3.72. The third-order valence-electron chi connectivity index (χ3n) is 3.29. The van der Waals surface area contributed by atoms with Gasteiger partial charge in [0.15, 0.2) is 11.5 Å². The van der Waals surface area contributed by atoms with Crippen LogP contribution >= 0.6 is 0 Å². The molecule has 0 saturated heterocycles. The van der Waals surface area contributed by atoms with Crippen molar-refractivity contribution in [3.63, 3.8) is 0 Å². The molecule has 4 heteroatoms. The summed E-state index contributed by atoms with van der Waals surface area (Å²) < 4.78 is 16.8. The zero-order chi connectivity index (χ0) is 15.8. The largest absolute Gasteiger partial charge is 0.490 e. The first-order valence-electron chi connectivity index (χ1n) is 7.87. The second-order valence-electron chi connectivity index (χ2n) is 5.09. The molecule has 0 aliphatic heterocycles. The predicted molar refractivity (Wildman–Crippen MR) is 87.6 cm³/mol. The standard InChI is InChI=1S/C18H25NO3/c1-4-20-17-9-7-15(12-18(17)21-5-2)10-11-19-13-16-8-6-14(3)22-16/h6-9,12,19H,4-5,10-11,13H2,1-3H3. The molecule has 1 N–H and O–H groups in total. The molecule has 0 amide bonds. The van der Waals surface area contributed by atoms with E-state index in [1.807, 2.05) is 39.0 Å². The van der Waals surface area contributed by atoms with Crippen LogP contribution < -0.4 is 14.8 Å². The van der Waals surface area contributed by atoms with E-state index in [4.69, 9.17) is 13.9 Å². The number of nitrogens with one attached hydrogen (secondary N) is 1. The summed E-state index contributed by atoms with van der Waals surface area (Å²) in [5.41, 5.74) is 1.23. The molecule has 2 rings (SSSR count). The van der Waals surface area contributed by atoms with Gasteiger partial charge in [-0.1, -0.05) is 6.07 Å².